The quantitative estimate of drug-likeness (QED) is 0.0212. The molecule has 0 bridgehead atoms. The highest BCUT2D eigenvalue weighted by Crippen LogP contribution is 2.21. The third-order valence-electron chi connectivity index (χ3n) is 12.3. The molecule has 7 amide bonds. The summed E-state index contributed by atoms with van der Waals surface area (Å²) in [5.74, 6) is -5.95. The molecule has 396 valence electrons. The number of carbonyl (C=O) groups is 8. The number of hydrogen-bond acceptors (Lipinski definition) is 13. The van der Waals surface area contributed by atoms with Gasteiger partial charge in [-0.25, -0.2) is 4.79 Å². The van der Waals surface area contributed by atoms with Crippen molar-refractivity contribution < 1.29 is 43.5 Å². The minimum atomic E-state index is -1.30. The molecule has 20 N–H and O–H groups in total. The van der Waals surface area contributed by atoms with Crippen molar-refractivity contribution in [2.75, 3.05) is 32.7 Å². The van der Waals surface area contributed by atoms with Crippen LogP contribution in [0.2, 0.25) is 0 Å². The summed E-state index contributed by atoms with van der Waals surface area (Å²) in [5, 5.41) is 26.9. The molecule has 8 atom stereocenters. The molecular formula is C47H79N15O9. The summed E-state index contributed by atoms with van der Waals surface area (Å²) in [6, 6.07) is -1.71. The van der Waals surface area contributed by atoms with Crippen LogP contribution in [-0.4, -0.2) is 149 Å². The van der Waals surface area contributed by atoms with Gasteiger partial charge in [0, 0.05) is 36.6 Å². The Balaban J connectivity index is 1.89. The number of aliphatic imine (C=N–C) groups is 1. The molecule has 0 radical (unpaired) electrons. The van der Waals surface area contributed by atoms with Crippen molar-refractivity contribution in [1.82, 2.24) is 41.8 Å². The summed E-state index contributed by atoms with van der Waals surface area (Å²) in [7, 11) is 0. The number of aliphatic carboxylic acids is 1. The van der Waals surface area contributed by atoms with Gasteiger partial charge in [0.05, 0.1) is 6.04 Å². The third kappa shape index (κ3) is 19.7. The van der Waals surface area contributed by atoms with Gasteiger partial charge in [0.2, 0.25) is 41.4 Å². The number of para-hydroxylation sites is 1. The molecule has 0 spiro atoms. The molecule has 1 fully saturated rings. The zero-order chi connectivity index (χ0) is 52.5. The Morgan fingerprint density at radius 1 is 0.676 bits per heavy atom. The van der Waals surface area contributed by atoms with Gasteiger partial charge in [-0.15, -0.1) is 0 Å². The number of benzene rings is 1. The molecule has 1 aliphatic rings. The molecule has 71 heavy (non-hydrogen) atoms. The molecule has 1 aromatic heterocycles. The van der Waals surface area contributed by atoms with Crippen LogP contribution in [0, 0.1) is 0 Å². The van der Waals surface area contributed by atoms with E-state index >= 15 is 0 Å². The maximum atomic E-state index is 14.5. The van der Waals surface area contributed by atoms with E-state index in [4.69, 9.17) is 34.4 Å². The minimum absolute atomic E-state index is 0.0421. The number of guanidine groups is 1. The highest BCUT2D eigenvalue weighted by Gasteiger charge is 2.38. The van der Waals surface area contributed by atoms with Gasteiger partial charge in [-0.05, 0) is 135 Å². The van der Waals surface area contributed by atoms with Crippen molar-refractivity contribution in [3.8, 4) is 0 Å². The number of H-pyrrole nitrogens is 1. The van der Waals surface area contributed by atoms with Gasteiger partial charge in [0.25, 0.3) is 0 Å². The van der Waals surface area contributed by atoms with Gasteiger partial charge >= 0.3 is 5.97 Å². The molecular weight excluding hydrogens is 919 g/mol. The number of amides is 7. The minimum Gasteiger partial charge on any atom is -0.480 e. The fourth-order valence-electron chi connectivity index (χ4n) is 8.26. The molecule has 3 rings (SSSR count). The first-order valence-corrected chi connectivity index (χ1v) is 24.7. The summed E-state index contributed by atoms with van der Waals surface area (Å²) < 4.78 is 0. The number of piperidine rings is 1. The molecule has 24 nitrogen and oxygen atoms in total. The average molecular weight is 998 g/mol. The molecule has 24 heteroatoms. The second kappa shape index (κ2) is 31.1. The van der Waals surface area contributed by atoms with Crippen molar-refractivity contribution >= 4 is 64.2 Å². The van der Waals surface area contributed by atoms with Crippen molar-refractivity contribution in [1.29, 1.82) is 0 Å². The lowest BCUT2D eigenvalue weighted by molar-refractivity contribution is -0.145. The van der Waals surface area contributed by atoms with Gasteiger partial charge in [-0.1, -0.05) is 18.2 Å². The number of aromatic amines is 1. The standard InChI is InChI=1S/C47H79N15O9/c1-28(51)39(63)57-35(19-13-24-54-47(52)53)40(64)56-29(2)45(69)62-25-12-8-20-38(62)44(68)59-34(17-6-10-22-49)42(66)61-37(26-30-27-55-32-15-4-3-14-31(30)32)43(67)58-33(16-5-9-21-48)41(65)60-36(46(70)71)18-7-11-23-50/h3-4,14-15,27-29,33-38,55H,5-13,16-26,48-51H2,1-2H3,(H,56,64)(H,57,63)(H,58,67)(H,59,68)(H,60,65)(H,61,66)(H,70,71)(H4,52,53,54)/t28-,29-,33-,34-,35-,36-,37-,38-/m0/s1. The number of carbonyl (C=O) groups excluding carboxylic acids is 7. The Bertz CT molecular complexity index is 2100. The number of likely N-dealkylation sites (tertiary alicyclic amines) is 1. The van der Waals surface area contributed by atoms with E-state index in [1.165, 1.54) is 18.7 Å². The van der Waals surface area contributed by atoms with Crippen molar-refractivity contribution in [2.45, 2.75) is 158 Å². The van der Waals surface area contributed by atoms with Crippen molar-refractivity contribution in [3.05, 3.63) is 36.0 Å². The number of unbranched alkanes of at least 4 members (excludes halogenated alkanes) is 3. The van der Waals surface area contributed by atoms with E-state index in [-0.39, 0.29) is 57.6 Å². The number of hydrogen-bond donors (Lipinski definition) is 14. The van der Waals surface area contributed by atoms with Gasteiger partial charge in [-0.2, -0.15) is 0 Å². The van der Waals surface area contributed by atoms with E-state index in [1.807, 2.05) is 24.3 Å². The average Bonchev–Trinajstić information content (AvgIpc) is 3.75. The van der Waals surface area contributed by atoms with Crippen LogP contribution in [0.15, 0.2) is 35.5 Å². The summed E-state index contributed by atoms with van der Waals surface area (Å²) in [6.07, 6.45) is 6.76. The first-order chi connectivity index (χ1) is 33.9. The summed E-state index contributed by atoms with van der Waals surface area (Å²) in [4.78, 5) is 118. The lowest BCUT2D eigenvalue weighted by Crippen LogP contribution is -2.61. The number of carboxylic acids is 1. The van der Waals surface area contributed by atoms with Crippen LogP contribution >= 0.6 is 0 Å². The number of aromatic nitrogens is 1. The van der Waals surface area contributed by atoms with Gasteiger partial charge in [-0.3, -0.25) is 38.6 Å². The SMILES string of the molecule is C[C@H](N)C(=O)N[C@@H](CCCN=C(N)N)C(=O)N[C@@H](C)C(=O)N1CCCC[C@H]1C(=O)N[C@@H](CCCCN)C(=O)N[C@@H](Cc1c[nH]c2ccccc12)C(=O)N[C@@H](CCCCN)C(=O)N[C@@H](CCCCN)C(=O)O. The van der Waals surface area contributed by atoms with Crippen molar-refractivity contribution in [2.24, 2.45) is 39.4 Å². The van der Waals surface area contributed by atoms with E-state index < -0.39 is 95.7 Å². The molecule has 1 aliphatic heterocycles. The van der Waals surface area contributed by atoms with Gasteiger partial charge in [0.15, 0.2) is 5.96 Å². The molecule has 2 aromatic rings. The van der Waals surface area contributed by atoms with E-state index in [9.17, 15) is 43.5 Å². The molecule has 0 saturated carbocycles. The molecule has 0 unspecified atom stereocenters. The van der Waals surface area contributed by atoms with Gasteiger partial charge in [0.1, 0.15) is 42.3 Å². The fraction of sp³-hybridized carbons (Fsp3) is 0.638. The molecule has 2 heterocycles. The summed E-state index contributed by atoms with van der Waals surface area (Å²) >= 11 is 0. The second-order valence-electron chi connectivity index (χ2n) is 18.1. The molecule has 1 aromatic carbocycles. The van der Waals surface area contributed by atoms with Crippen LogP contribution in [-0.2, 0) is 44.8 Å². The first-order valence-electron chi connectivity index (χ1n) is 24.7. The highest BCUT2D eigenvalue weighted by molar-refractivity contribution is 5.98. The van der Waals surface area contributed by atoms with Crippen LogP contribution in [0.1, 0.15) is 109 Å². The lowest BCUT2D eigenvalue weighted by Gasteiger charge is -2.37. The predicted molar refractivity (Wildman–Crippen MR) is 269 cm³/mol. The Morgan fingerprint density at radius 3 is 1.76 bits per heavy atom. The number of fused-ring (bicyclic) bond motifs is 1. The van der Waals surface area contributed by atoms with Crippen LogP contribution < -0.4 is 66.3 Å². The van der Waals surface area contributed by atoms with Gasteiger partial charge < -0.3 is 81.3 Å². The number of nitrogens with two attached hydrogens (primary N) is 6. The zero-order valence-electron chi connectivity index (χ0n) is 41.2. The van der Waals surface area contributed by atoms with E-state index in [1.54, 1.807) is 6.20 Å². The van der Waals surface area contributed by atoms with Crippen LogP contribution in [0.3, 0.4) is 0 Å². The lowest BCUT2D eigenvalue weighted by atomic mass is 9.98. The number of rotatable bonds is 32. The van der Waals surface area contributed by atoms with Crippen LogP contribution in [0.25, 0.3) is 10.9 Å². The first kappa shape index (κ1) is 58.9. The zero-order valence-corrected chi connectivity index (χ0v) is 41.2. The number of carboxylic acid groups (broad SMARTS) is 1. The smallest absolute Gasteiger partial charge is 0.326 e. The normalized spacial score (nSPS) is 16.5. The largest absolute Gasteiger partial charge is 0.480 e. The summed E-state index contributed by atoms with van der Waals surface area (Å²) in [5.41, 5.74) is 35.2. The van der Waals surface area contributed by atoms with Crippen LogP contribution in [0.4, 0.5) is 0 Å². The van der Waals surface area contributed by atoms with E-state index in [0.29, 0.717) is 83.0 Å². The summed E-state index contributed by atoms with van der Waals surface area (Å²) in [6.45, 7) is 4.27. The van der Waals surface area contributed by atoms with E-state index in [2.05, 4.69) is 41.9 Å². The van der Waals surface area contributed by atoms with Crippen LogP contribution in [0.5, 0.6) is 0 Å². The Morgan fingerprint density at radius 2 is 1.18 bits per heavy atom. The Kier molecular flexibility index (Phi) is 25.8. The predicted octanol–water partition coefficient (Wildman–Crippen LogP) is -2.11. The van der Waals surface area contributed by atoms with E-state index in [0.717, 1.165) is 10.9 Å². The Hall–Kier alpha value is -6.37. The topological polar surface area (TPSA) is 416 Å². The maximum Gasteiger partial charge on any atom is 0.326 e. The fourth-order valence-corrected chi connectivity index (χ4v) is 8.26. The number of nitrogens with one attached hydrogen (secondary N) is 7. The maximum absolute atomic E-state index is 14.5. The van der Waals surface area contributed by atoms with Crippen molar-refractivity contribution in [3.63, 3.8) is 0 Å². The molecule has 0 aliphatic carbocycles. The number of nitrogens with zero attached hydrogens (tertiary/aromatic N) is 2. The monoisotopic (exact) mass is 998 g/mol. The Labute approximate surface area is 415 Å². The molecule has 1 saturated heterocycles. The third-order valence-corrected chi connectivity index (χ3v) is 12.3. The second-order valence-corrected chi connectivity index (χ2v) is 18.1. The highest BCUT2D eigenvalue weighted by atomic mass is 16.4.